The first-order valence-corrected chi connectivity index (χ1v) is 8.72. The highest BCUT2D eigenvalue weighted by molar-refractivity contribution is 5.95. The molecule has 1 aromatic heterocycles. The molecule has 0 bridgehead atoms. The van der Waals surface area contributed by atoms with Crippen molar-refractivity contribution in [3.05, 3.63) is 71.1 Å². The van der Waals surface area contributed by atoms with Crippen molar-refractivity contribution in [1.29, 1.82) is 0 Å². The second-order valence-corrected chi connectivity index (χ2v) is 6.72. The first kappa shape index (κ1) is 17.9. The zero-order valence-electron chi connectivity index (χ0n) is 15.6. The molecule has 0 atom stereocenters. The molecule has 5 heteroatoms. The van der Waals surface area contributed by atoms with Crippen molar-refractivity contribution >= 4 is 5.91 Å². The molecule has 0 aliphatic heterocycles. The van der Waals surface area contributed by atoms with Crippen molar-refractivity contribution in [2.75, 3.05) is 0 Å². The van der Waals surface area contributed by atoms with Gasteiger partial charge in [-0.1, -0.05) is 53.2 Å². The Morgan fingerprint density at radius 1 is 1.08 bits per heavy atom. The minimum absolute atomic E-state index is 0.0110. The van der Waals surface area contributed by atoms with Crippen molar-refractivity contribution in [3.8, 4) is 11.4 Å². The fraction of sp³-hybridized carbons (Fsp3) is 0.286. The highest BCUT2D eigenvalue weighted by atomic mass is 16.5. The van der Waals surface area contributed by atoms with Gasteiger partial charge in [0.15, 0.2) is 0 Å². The van der Waals surface area contributed by atoms with Gasteiger partial charge in [-0.05, 0) is 39.3 Å². The Balaban J connectivity index is 1.82. The van der Waals surface area contributed by atoms with E-state index < -0.39 is 0 Å². The molecule has 134 valence electrons. The predicted octanol–water partition coefficient (Wildman–Crippen LogP) is 4.40. The van der Waals surface area contributed by atoms with Gasteiger partial charge in [-0.2, -0.15) is 4.98 Å². The van der Waals surface area contributed by atoms with Crippen LogP contribution in [0.3, 0.4) is 0 Å². The van der Waals surface area contributed by atoms with Crippen LogP contribution < -0.4 is 0 Å². The van der Waals surface area contributed by atoms with E-state index in [9.17, 15) is 4.79 Å². The summed E-state index contributed by atoms with van der Waals surface area (Å²) in [6.07, 6.45) is 0. The van der Waals surface area contributed by atoms with Crippen LogP contribution in [0.5, 0.6) is 0 Å². The first-order chi connectivity index (χ1) is 12.5. The van der Waals surface area contributed by atoms with E-state index in [2.05, 4.69) is 10.1 Å². The van der Waals surface area contributed by atoms with Gasteiger partial charge in [-0.15, -0.1) is 0 Å². The quantitative estimate of drug-likeness (QED) is 0.685. The maximum atomic E-state index is 13.0. The molecule has 3 aromatic rings. The largest absolute Gasteiger partial charge is 0.337 e. The van der Waals surface area contributed by atoms with E-state index in [0.717, 1.165) is 11.1 Å². The Morgan fingerprint density at radius 3 is 2.42 bits per heavy atom. The van der Waals surface area contributed by atoms with Gasteiger partial charge >= 0.3 is 0 Å². The molecule has 1 heterocycles. The molecule has 1 amide bonds. The Kier molecular flexibility index (Phi) is 5.16. The Morgan fingerprint density at radius 2 is 1.77 bits per heavy atom. The van der Waals surface area contributed by atoms with Crippen LogP contribution in [-0.4, -0.2) is 27.0 Å². The summed E-state index contributed by atoms with van der Waals surface area (Å²) in [5.74, 6) is 0.927. The summed E-state index contributed by atoms with van der Waals surface area (Å²) >= 11 is 0. The third-order valence-corrected chi connectivity index (χ3v) is 4.34. The molecule has 0 spiro atoms. The molecule has 0 aliphatic carbocycles. The molecule has 0 aliphatic rings. The van der Waals surface area contributed by atoms with Crippen LogP contribution in [0.4, 0.5) is 0 Å². The van der Waals surface area contributed by atoms with Crippen LogP contribution in [0, 0.1) is 13.8 Å². The number of rotatable bonds is 5. The number of aromatic nitrogens is 2. The number of amides is 1. The maximum absolute atomic E-state index is 13.0. The SMILES string of the molecule is Cc1ccc(-c2noc(CN(C(=O)c3ccccc3C)C(C)C)n2)cc1. The van der Waals surface area contributed by atoms with Crippen molar-refractivity contribution < 1.29 is 9.32 Å². The van der Waals surface area contributed by atoms with E-state index in [1.807, 2.05) is 76.2 Å². The summed E-state index contributed by atoms with van der Waals surface area (Å²) in [6.45, 7) is 8.21. The first-order valence-electron chi connectivity index (χ1n) is 8.72. The molecular weight excluding hydrogens is 326 g/mol. The van der Waals surface area contributed by atoms with E-state index >= 15 is 0 Å². The van der Waals surface area contributed by atoms with E-state index in [1.165, 1.54) is 5.56 Å². The highest BCUT2D eigenvalue weighted by Gasteiger charge is 2.23. The molecule has 0 saturated heterocycles. The molecule has 0 radical (unpaired) electrons. The van der Waals surface area contributed by atoms with E-state index in [1.54, 1.807) is 4.90 Å². The molecule has 3 rings (SSSR count). The van der Waals surface area contributed by atoms with Crippen LogP contribution in [0.25, 0.3) is 11.4 Å². The van der Waals surface area contributed by atoms with Gasteiger partial charge in [0.1, 0.15) is 6.54 Å². The van der Waals surface area contributed by atoms with Crippen LogP contribution >= 0.6 is 0 Å². The van der Waals surface area contributed by atoms with Crippen molar-refractivity contribution in [3.63, 3.8) is 0 Å². The summed E-state index contributed by atoms with van der Waals surface area (Å²) < 4.78 is 5.39. The normalized spacial score (nSPS) is 11.0. The Labute approximate surface area is 153 Å². The lowest BCUT2D eigenvalue weighted by atomic mass is 10.1. The summed E-state index contributed by atoms with van der Waals surface area (Å²) in [5.41, 5.74) is 3.72. The molecule has 0 saturated carbocycles. The number of aryl methyl sites for hydroxylation is 2. The Bertz CT molecular complexity index is 898. The van der Waals surface area contributed by atoms with Gasteiger partial charge < -0.3 is 9.42 Å². The van der Waals surface area contributed by atoms with Gasteiger partial charge in [0, 0.05) is 17.2 Å². The standard InChI is InChI=1S/C21H23N3O2/c1-14(2)24(21(25)18-8-6-5-7-16(18)4)13-19-22-20(23-26-19)17-11-9-15(3)10-12-17/h5-12,14H,13H2,1-4H3. The number of benzene rings is 2. The summed E-state index contributed by atoms with van der Waals surface area (Å²) in [6, 6.07) is 15.5. The average Bonchev–Trinajstić information content (AvgIpc) is 3.08. The molecule has 0 unspecified atom stereocenters. The molecular formula is C21H23N3O2. The third-order valence-electron chi connectivity index (χ3n) is 4.34. The topological polar surface area (TPSA) is 59.2 Å². The van der Waals surface area contributed by atoms with Gasteiger partial charge in [-0.25, -0.2) is 0 Å². The van der Waals surface area contributed by atoms with Crippen LogP contribution in [0.15, 0.2) is 53.1 Å². The van der Waals surface area contributed by atoms with Gasteiger partial charge in [-0.3, -0.25) is 4.79 Å². The van der Waals surface area contributed by atoms with Gasteiger partial charge in [0.25, 0.3) is 5.91 Å². The number of carbonyl (C=O) groups is 1. The van der Waals surface area contributed by atoms with Crippen LogP contribution in [0.1, 0.15) is 41.2 Å². The van der Waals surface area contributed by atoms with Crippen molar-refractivity contribution in [2.45, 2.75) is 40.3 Å². The van der Waals surface area contributed by atoms with Gasteiger partial charge in [0.2, 0.25) is 11.7 Å². The van der Waals surface area contributed by atoms with Gasteiger partial charge in [0.05, 0.1) is 0 Å². The number of hydrogen-bond donors (Lipinski definition) is 0. The lowest BCUT2D eigenvalue weighted by molar-refractivity contribution is 0.0666. The Hall–Kier alpha value is -2.95. The lowest BCUT2D eigenvalue weighted by Gasteiger charge is -2.25. The number of nitrogens with zero attached hydrogens (tertiary/aromatic N) is 3. The van der Waals surface area contributed by atoms with E-state index in [-0.39, 0.29) is 18.5 Å². The predicted molar refractivity (Wildman–Crippen MR) is 101 cm³/mol. The molecule has 0 fully saturated rings. The van der Waals surface area contributed by atoms with Crippen molar-refractivity contribution in [2.24, 2.45) is 0 Å². The average molecular weight is 349 g/mol. The van der Waals surface area contributed by atoms with E-state index in [0.29, 0.717) is 17.3 Å². The molecule has 5 nitrogen and oxygen atoms in total. The molecule has 2 aromatic carbocycles. The summed E-state index contributed by atoms with van der Waals surface area (Å²) in [7, 11) is 0. The lowest BCUT2D eigenvalue weighted by Crippen LogP contribution is -2.36. The van der Waals surface area contributed by atoms with Crippen molar-refractivity contribution in [1.82, 2.24) is 15.0 Å². The maximum Gasteiger partial charge on any atom is 0.254 e. The minimum Gasteiger partial charge on any atom is -0.337 e. The second-order valence-electron chi connectivity index (χ2n) is 6.72. The van der Waals surface area contributed by atoms with E-state index in [4.69, 9.17) is 4.52 Å². The zero-order valence-corrected chi connectivity index (χ0v) is 15.6. The molecule has 26 heavy (non-hydrogen) atoms. The highest BCUT2D eigenvalue weighted by Crippen LogP contribution is 2.19. The second kappa shape index (κ2) is 7.52. The summed E-state index contributed by atoms with van der Waals surface area (Å²) in [4.78, 5) is 19.2. The zero-order chi connectivity index (χ0) is 18.7. The smallest absolute Gasteiger partial charge is 0.254 e. The van der Waals surface area contributed by atoms with Crippen LogP contribution in [-0.2, 0) is 6.54 Å². The third kappa shape index (κ3) is 3.82. The number of hydrogen-bond acceptors (Lipinski definition) is 4. The number of carbonyl (C=O) groups excluding carboxylic acids is 1. The minimum atomic E-state index is -0.0341. The fourth-order valence-electron chi connectivity index (χ4n) is 2.74. The molecule has 0 N–H and O–H groups in total. The monoisotopic (exact) mass is 349 g/mol. The fourth-order valence-corrected chi connectivity index (χ4v) is 2.74. The van der Waals surface area contributed by atoms with Crippen LogP contribution in [0.2, 0.25) is 0 Å². The summed E-state index contributed by atoms with van der Waals surface area (Å²) in [5, 5.41) is 4.05.